The number of fused-ring (bicyclic) bond motifs is 1. The number of hydrogen-bond donors (Lipinski definition) is 2. The van der Waals surface area contributed by atoms with E-state index in [1.54, 1.807) is 0 Å². The highest BCUT2D eigenvalue weighted by Gasteiger charge is 2.23. The third-order valence-corrected chi connectivity index (χ3v) is 4.48. The summed E-state index contributed by atoms with van der Waals surface area (Å²) >= 11 is 0. The summed E-state index contributed by atoms with van der Waals surface area (Å²) in [4.78, 5) is 12.5. The van der Waals surface area contributed by atoms with Gasteiger partial charge in [0.25, 0.3) is 0 Å². The van der Waals surface area contributed by atoms with Crippen LogP contribution in [0.3, 0.4) is 0 Å². The fraction of sp³-hybridized carbons (Fsp3) is 0.350. The summed E-state index contributed by atoms with van der Waals surface area (Å²) in [6.07, 6.45) is 3.25. The third kappa shape index (κ3) is 3.73. The molecule has 0 aromatic heterocycles. The second-order valence-corrected chi connectivity index (χ2v) is 6.39. The fourth-order valence-corrected chi connectivity index (χ4v) is 3.25. The Balaban J connectivity index is 1.65. The first-order valence-corrected chi connectivity index (χ1v) is 8.35. The zero-order valence-electron chi connectivity index (χ0n) is 13.8. The molecular formula is C20H24N2O. The summed E-state index contributed by atoms with van der Waals surface area (Å²) in [7, 11) is 0. The lowest BCUT2D eigenvalue weighted by Crippen LogP contribution is -2.40. The van der Waals surface area contributed by atoms with Crippen molar-refractivity contribution >= 4 is 11.6 Å². The van der Waals surface area contributed by atoms with E-state index in [1.807, 2.05) is 19.1 Å². The highest BCUT2D eigenvalue weighted by molar-refractivity contribution is 5.84. The average Bonchev–Trinajstić information content (AvgIpc) is 2.55. The summed E-state index contributed by atoms with van der Waals surface area (Å²) in [5.74, 6) is 0.0493. The van der Waals surface area contributed by atoms with Gasteiger partial charge < -0.3 is 10.6 Å². The Kier molecular flexibility index (Phi) is 4.65. The summed E-state index contributed by atoms with van der Waals surface area (Å²) in [5.41, 5.74) is 4.80. The first kappa shape index (κ1) is 15.6. The topological polar surface area (TPSA) is 41.1 Å². The summed E-state index contributed by atoms with van der Waals surface area (Å²) < 4.78 is 0. The maximum Gasteiger partial charge on any atom is 0.242 e. The number of anilines is 1. The Hall–Kier alpha value is -2.29. The van der Waals surface area contributed by atoms with E-state index in [0.29, 0.717) is 0 Å². The van der Waals surface area contributed by atoms with Gasteiger partial charge in [-0.15, -0.1) is 0 Å². The minimum absolute atomic E-state index is 0.0493. The zero-order chi connectivity index (χ0) is 16.2. The van der Waals surface area contributed by atoms with E-state index in [4.69, 9.17) is 0 Å². The molecule has 2 atom stereocenters. The minimum atomic E-state index is -0.258. The number of hydrogen-bond acceptors (Lipinski definition) is 2. The van der Waals surface area contributed by atoms with E-state index in [0.717, 1.165) is 24.9 Å². The van der Waals surface area contributed by atoms with Gasteiger partial charge in [-0.05, 0) is 61.9 Å². The SMILES string of the molecule is Cc1cccc(N[C@@H](C)C(=O)N[C@@H]2CCCc3ccccc32)c1. The molecule has 1 aliphatic rings. The van der Waals surface area contributed by atoms with E-state index >= 15 is 0 Å². The van der Waals surface area contributed by atoms with Gasteiger partial charge in [-0.3, -0.25) is 4.79 Å². The standard InChI is InChI=1S/C20H24N2O/c1-14-7-5-10-17(13-14)21-15(2)20(23)22-19-12-6-9-16-8-3-4-11-18(16)19/h3-5,7-8,10-11,13,15,19,21H,6,9,12H2,1-2H3,(H,22,23)/t15-,19+/m0/s1. The van der Waals surface area contributed by atoms with E-state index < -0.39 is 0 Å². The molecule has 1 amide bonds. The van der Waals surface area contributed by atoms with Crippen LogP contribution in [0.15, 0.2) is 48.5 Å². The molecule has 0 unspecified atom stereocenters. The molecule has 2 N–H and O–H groups in total. The molecule has 0 radical (unpaired) electrons. The molecule has 0 saturated carbocycles. The van der Waals surface area contributed by atoms with Crippen LogP contribution < -0.4 is 10.6 Å². The molecule has 0 aliphatic heterocycles. The van der Waals surface area contributed by atoms with Crippen molar-refractivity contribution < 1.29 is 4.79 Å². The summed E-state index contributed by atoms with van der Waals surface area (Å²) in [6, 6.07) is 16.4. The molecule has 0 heterocycles. The largest absolute Gasteiger partial charge is 0.374 e. The van der Waals surface area contributed by atoms with Crippen molar-refractivity contribution in [3.63, 3.8) is 0 Å². The Bertz CT molecular complexity index is 696. The average molecular weight is 308 g/mol. The molecule has 3 heteroatoms. The Morgan fingerprint density at radius 3 is 2.83 bits per heavy atom. The molecule has 3 rings (SSSR count). The monoisotopic (exact) mass is 308 g/mol. The van der Waals surface area contributed by atoms with Crippen molar-refractivity contribution in [2.45, 2.75) is 45.2 Å². The van der Waals surface area contributed by atoms with Gasteiger partial charge in [0.15, 0.2) is 0 Å². The second kappa shape index (κ2) is 6.86. The summed E-state index contributed by atoms with van der Waals surface area (Å²) in [5, 5.41) is 6.49. The number of rotatable bonds is 4. The first-order valence-electron chi connectivity index (χ1n) is 8.35. The molecule has 23 heavy (non-hydrogen) atoms. The van der Waals surface area contributed by atoms with Crippen molar-refractivity contribution in [2.75, 3.05) is 5.32 Å². The van der Waals surface area contributed by atoms with Crippen LogP contribution in [-0.4, -0.2) is 11.9 Å². The Labute approximate surface area is 138 Å². The van der Waals surface area contributed by atoms with Gasteiger partial charge in [0.1, 0.15) is 6.04 Å². The van der Waals surface area contributed by atoms with Crippen LogP contribution in [0.1, 0.15) is 42.5 Å². The van der Waals surface area contributed by atoms with Crippen LogP contribution in [0.2, 0.25) is 0 Å². The van der Waals surface area contributed by atoms with Crippen molar-refractivity contribution in [3.05, 3.63) is 65.2 Å². The number of amides is 1. The molecule has 3 nitrogen and oxygen atoms in total. The van der Waals surface area contributed by atoms with E-state index in [2.05, 4.69) is 54.0 Å². The lowest BCUT2D eigenvalue weighted by atomic mass is 9.87. The van der Waals surface area contributed by atoms with E-state index in [-0.39, 0.29) is 18.0 Å². The van der Waals surface area contributed by atoms with Gasteiger partial charge >= 0.3 is 0 Å². The molecule has 2 aromatic rings. The lowest BCUT2D eigenvalue weighted by Gasteiger charge is -2.28. The van der Waals surface area contributed by atoms with Crippen LogP contribution in [0.25, 0.3) is 0 Å². The third-order valence-electron chi connectivity index (χ3n) is 4.48. The maximum absolute atomic E-state index is 12.5. The molecule has 0 fully saturated rings. The van der Waals surface area contributed by atoms with Crippen molar-refractivity contribution in [3.8, 4) is 0 Å². The number of carbonyl (C=O) groups is 1. The van der Waals surface area contributed by atoms with Crippen molar-refractivity contribution in [1.29, 1.82) is 0 Å². The quantitative estimate of drug-likeness (QED) is 0.896. The molecule has 0 spiro atoms. The van der Waals surface area contributed by atoms with E-state index in [9.17, 15) is 4.79 Å². The van der Waals surface area contributed by atoms with Crippen LogP contribution in [0, 0.1) is 6.92 Å². The fourth-order valence-electron chi connectivity index (χ4n) is 3.25. The minimum Gasteiger partial charge on any atom is -0.374 e. The highest BCUT2D eigenvalue weighted by atomic mass is 16.2. The predicted octanol–water partition coefficient (Wildman–Crippen LogP) is 3.99. The smallest absolute Gasteiger partial charge is 0.242 e. The number of benzene rings is 2. The van der Waals surface area contributed by atoms with Gasteiger partial charge in [0.2, 0.25) is 5.91 Å². The van der Waals surface area contributed by atoms with Gasteiger partial charge in [-0.2, -0.15) is 0 Å². The molecule has 2 aromatic carbocycles. The zero-order valence-corrected chi connectivity index (χ0v) is 13.8. The number of aryl methyl sites for hydroxylation is 2. The van der Waals surface area contributed by atoms with Crippen molar-refractivity contribution in [2.24, 2.45) is 0 Å². The van der Waals surface area contributed by atoms with Crippen molar-refractivity contribution in [1.82, 2.24) is 5.32 Å². The van der Waals surface area contributed by atoms with Gasteiger partial charge in [0.05, 0.1) is 6.04 Å². The highest BCUT2D eigenvalue weighted by Crippen LogP contribution is 2.29. The molecule has 0 saturated heterocycles. The van der Waals surface area contributed by atoms with Gasteiger partial charge in [-0.1, -0.05) is 36.4 Å². The maximum atomic E-state index is 12.5. The predicted molar refractivity (Wildman–Crippen MR) is 94.5 cm³/mol. The van der Waals surface area contributed by atoms with Crippen LogP contribution in [-0.2, 0) is 11.2 Å². The van der Waals surface area contributed by atoms with Crippen LogP contribution >= 0.6 is 0 Å². The van der Waals surface area contributed by atoms with Crippen LogP contribution in [0.5, 0.6) is 0 Å². The van der Waals surface area contributed by atoms with Gasteiger partial charge in [0, 0.05) is 5.69 Å². The number of nitrogens with one attached hydrogen (secondary N) is 2. The normalized spacial score (nSPS) is 17.9. The molecule has 0 bridgehead atoms. The first-order chi connectivity index (χ1) is 11.1. The number of carbonyl (C=O) groups excluding carboxylic acids is 1. The Morgan fingerprint density at radius 2 is 2.00 bits per heavy atom. The van der Waals surface area contributed by atoms with E-state index in [1.165, 1.54) is 16.7 Å². The van der Waals surface area contributed by atoms with Crippen LogP contribution in [0.4, 0.5) is 5.69 Å². The van der Waals surface area contributed by atoms with Gasteiger partial charge in [-0.25, -0.2) is 0 Å². The molecular weight excluding hydrogens is 284 g/mol. The molecule has 120 valence electrons. The summed E-state index contributed by atoms with van der Waals surface area (Å²) in [6.45, 7) is 3.96. The lowest BCUT2D eigenvalue weighted by molar-refractivity contribution is -0.122. The Morgan fingerprint density at radius 1 is 1.17 bits per heavy atom. The molecule has 1 aliphatic carbocycles. The second-order valence-electron chi connectivity index (χ2n) is 6.39.